The summed E-state index contributed by atoms with van der Waals surface area (Å²) in [5.41, 5.74) is 6.48. The van der Waals surface area contributed by atoms with E-state index >= 15 is 0 Å². The van der Waals surface area contributed by atoms with Crippen LogP contribution in [0.4, 0.5) is 0 Å². The van der Waals surface area contributed by atoms with Crippen molar-refractivity contribution in [2.45, 2.75) is 31.6 Å². The molecule has 0 aliphatic heterocycles. The first-order chi connectivity index (χ1) is 15.7. The zero-order valence-electron chi connectivity index (χ0n) is 17.9. The highest BCUT2D eigenvalue weighted by Crippen LogP contribution is 2.55. The van der Waals surface area contributed by atoms with Crippen molar-refractivity contribution in [3.05, 3.63) is 99.8 Å². The minimum Gasteiger partial charge on any atom is -0.440 e. The molecule has 7 rings (SSSR count). The van der Waals surface area contributed by atoms with Gasteiger partial charge in [0.25, 0.3) is 0 Å². The number of hydrogen-bond donors (Lipinski definition) is 1. The molecule has 0 fully saturated rings. The average Bonchev–Trinajstić information content (AvgIpc) is 3.48. The predicted molar refractivity (Wildman–Crippen MR) is 126 cm³/mol. The Morgan fingerprint density at radius 2 is 1.72 bits per heavy atom. The molecule has 2 bridgehead atoms. The molecule has 160 valence electrons. The number of hydrogen-bond acceptors (Lipinski definition) is 4. The molecular formula is C27H24N2O2S. The Bertz CT molecular complexity index is 1240. The van der Waals surface area contributed by atoms with Gasteiger partial charge in [0, 0.05) is 18.4 Å². The lowest BCUT2D eigenvalue weighted by Crippen LogP contribution is -2.39. The summed E-state index contributed by atoms with van der Waals surface area (Å²) in [6.45, 7) is 2.55. The van der Waals surface area contributed by atoms with Crippen molar-refractivity contribution in [1.29, 1.82) is 0 Å². The Morgan fingerprint density at radius 3 is 2.38 bits per heavy atom. The molecule has 5 heteroatoms. The minimum absolute atomic E-state index is 0.00199. The molecule has 3 aliphatic rings. The Labute approximate surface area is 191 Å². The van der Waals surface area contributed by atoms with Crippen LogP contribution in [-0.4, -0.2) is 17.4 Å². The molecule has 32 heavy (non-hydrogen) atoms. The molecule has 0 spiro atoms. The van der Waals surface area contributed by atoms with E-state index in [2.05, 4.69) is 58.8 Å². The van der Waals surface area contributed by atoms with E-state index in [1.807, 2.05) is 24.4 Å². The molecule has 0 radical (unpaired) electrons. The fraction of sp³-hybridized carbons (Fsp3) is 0.259. The van der Waals surface area contributed by atoms with Crippen LogP contribution in [0.1, 0.15) is 52.0 Å². The monoisotopic (exact) mass is 440 g/mol. The lowest BCUT2D eigenvalue weighted by Gasteiger charge is -2.45. The second-order valence-electron chi connectivity index (χ2n) is 8.76. The molecule has 2 aromatic carbocycles. The van der Waals surface area contributed by atoms with Crippen molar-refractivity contribution in [3.63, 3.8) is 0 Å². The summed E-state index contributed by atoms with van der Waals surface area (Å²) < 4.78 is 5.79. The van der Waals surface area contributed by atoms with Gasteiger partial charge in [-0.3, -0.25) is 4.79 Å². The molecule has 1 amide bonds. The largest absolute Gasteiger partial charge is 0.440 e. The number of fused-ring (bicyclic) bond motifs is 1. The molecule has 2 heterocycles. The maximum Gasteiger partial charge on any atom is 0.236 e. The van der Waals surface area contributed by atoms with Crippen LogP contribution in [0.15, 0.2) is 70.5 Å². The molecule has 1 N–H and O–H groups in total. The summed E-state index contributed by atoms with van der Waals surface area (Å²) in [7, 11) is 0. The number of carbonyl (C=O) groups is 1. The van der Waals surface area contributed by atoms with Crippen LogP contribution in [0.5, 0.6) is 0 Å². The lowest BCUT2D eigenvalue weighted by molar-refractivity contribution is -0.120. The highest BCUT2D eigenvalue weighted by atomic mass is 32.1. The SMILES string of the molecule is Cc1oc(-c2cccs2)nc1CC(=O)NCC1CC2c3ccccc3C1c1ccccc12. The third-order valence-corrected chi connectivity index (χ3v) is 7.79. The third-order valence-electron chi connectivity index (χ3n) is 6.94. The zero-order valence-corrected chi connectivity index (χ0v) is 18.7. The number of thiophene rings is 1. The number of aryl methyl sites for hydroxylation is 1. The van der Waals surface area contributed by atoms with Gasteiger partial charge in [-0.1, -0.05) is 54.6 Å². The molecule has 2 aromatic heterocycles. The summed E-state index contributed by atoms with van der Waals surface area (Å²) in [5.74, 6) is 2.46. The van der Waals surface area contributed by atoms with Crippen LogP contribution in [0.2, 0.25) is 0 Å². The second kappa shape index (κ2) is 7.75. The molecule has 1 atom stereocenters. The Hall–Kier alpha value is -3.18. The summed E-state index contributed by atoms with van der Waals surface area (Å²) in [6, 6.07) is 21.6. The van der Waals surface area contributed by atoms with E-state index < -0.39 is 0 Å². The van der Waals surface area contributed by atoms with Crippen LogP contribution in [0.25, 0.3) is 10.8 Å². The van der Waals surface area contributed by atoms with Crippen molar-refractivity contribution < 1.29 is 9.21 Å². The molecule has 0 saturated carbocycles. The molecule has 0 saturated heterocycles. The Balaban J connectivity index is 1.18. The van der Waals surface area contributed by atoms with Crippen molar-refractivity contribution in [3.8, 4) is 10.8 Å². The maximum atomic E-state index is 12.8. The van der Waals surface area contributed by atoms with E-state index in [1.165, 1.54) is 22.3 Å². The number of aromatic nitrogens is 1. The van der Waals surface area contributed by atoms with Crippen molar-refractivity contribution in [1.82, 2.24) is 10.3 Å². The van der Waals surface area contributed by atoms with Gasteiger partial charge in [-0.2, -0.15) is 0 Å². The topological polar surface area (TPSA) is 55.1 Å². The molecule has 3 aliphatic carbocycles. The van der Waals surface area contributed by atoms with Gasteiger partial charge in [0.15, 0.2) is 0 Å². The van der Waals surface area contributed by atoms with Crippen LogP contribution < -0.4 is 5.32 Å². The molecule has 4 nitrogen and oxygen atoms in total. The van der Waals surface area contributed by atoms with E-state index in [-0.39, 0.29) is 12.3 Å². The van der Waals surface area contributed by atoms with Gasteiger partial charge in [0.1, 0.15) is 5.76 Å². The van der Waals surface area contributed by atoms with Crippen molar-refractivity contribution in [2.24, 2.45) is 5.92 Å². The van der Waals surface area contributed by atoms with Gasteiger partial charge >= 0.3 is 0 Å². The number of amides is 1. The number of rotatable bonds is 5. The molecule has 4 aromatic rings. The van der Waals surface area contributed by atoms with Crippen LogP contribution in [0.3, 0.4) is 0 Å². The van der Waals surface area contributed by atoms with Crippen LogP contribution in [0, 0.1) is 12.8 Å². The molecular weight excluding hydrogens is 416 g/mol. The van der Waals surface area contributed by atoms with E-state index in [0.717, 1.165) is 11.3 Å². The number of carbonyl (C=O) groups excluding carboxylic acids is 1. The van der Waals surface area contributed by atoms with Gasteiger partial charge in [-0.25, -0.2) is 4.98 Å². The van der Waals surface area contributed by atoms with Gasteiger partial charge < -0.3 is 9.73 Å². The standard InChI is InChI=1S/C27H24N2O2S/c1-16-23(29-27(31-16)24-11-6-12-32-24)14-25(30)28-15-17-13-22-18-7-2-4-9-20(18)26(17)21-10-5-3-8-19(21)22/h2-12,17,22,26H,13-15H2,1H3,(H,28,30). The summed E-state index contributed by atoms with van der Waals surface area (Å²) >= 11 is 1.58. The Morgan fingerprint density at radius 1 is 1.03 bits per heavy atom. The number of benzene rings is 2. The quantitative estimate of drug-likeness (QED) is 0.435. The molecule has 1 unspecified atom stereocenters. The average molecular weight is 441 g/mol. The normalized spacial score (nSPS) is 20.6. The predicted octanol–water partition coefficient (Wildman–Crippen LogP) is 5.67. The number of nitrogens with one attached hydrogen (secondary N) is 1. The minimum atomic E-state index is 0.00199. The zero-order chi connectivity index (χ0) is 21.7. The van der Waals surface area contributed by atoms with E-state index in [0.29, 0.717) is 41.6 Å². The highest BCUT2D eigenvalue weighted by molar-refractivity contribution is 7.13. The van der Waals surface area contributed by atoms with E-state index in [9.17, 15) is 4.79 Å². The van der Waals surface area contributed by atoms with Gasteiger partial charge in [0.05, 0.1) is 17.0 Å². The Kier molecular flexibility index (Phi) is 4.72. The first-order valence-corrected chi connectivity index (χ1v) is 12.0. The van der Waals surface area contributed by atoms with Crippen molar-refractivity contribution in [2.75, 3.05) is 6.54 Å². The van der Waals surface area contributed by atoms with Crippen molar-refractivity contribution >= 4 is 17.2 Å². The van der Waals surface area contributed by atoms with Crippen LogP contribution in [-0.2, 0) is 11.2 Å². The maximum absolute atomic E-state index is 12.8. The van der Waals surface area contributed by atoms with Gasteiger partial charge in [0.2, 0.25) is 11.8 Å². The van der Waals surface area contributed by atoms with E-state index in [1.54, 1.807) is 11.3 Å². The number of oxazole rings is 1. The smallest absolute Gasteiger partial charge is 0.236 e. The second-order valence-corrected chi connectivity index (χ2v) is 9.71. The highest BCUT2D eigenvalue weighted by Gasteiger charge is 2.42. The van der Waals surface area contributed by atoms with Crippen LogP contribution >= 0.6 is 11.3 Å². The summed E-state index contributed by atoms with van der Waals surface area (Å²) in [4.78, 5) is 18.4. The first kappa shape index (κ1) is 19.5. The fourth-order valence-electron chi connectivity index (χ4n) is 5.52. The summed E-state index contributed by atoms with van der Waals surface area (Å²) in [5, 5.41) is 5.20. The van der Waals surface area contributed by atoms with Gasteiger partial charge in [-0.05, 0) is 53.0 Å². The van der Waals surface area contributed by atoms with Gasteiger partial charge in [-0.15, -0.1) is 11.3 Å². The first-order valence-electron chi connectivity index (χ1n) is 11.1. The van der Waals surface area contributed by atoms with E-state index in [4.69, 9.17) is 4.42 Å². The fourth-order valence-corrected chi connectivity index (χ4v) is 6.17. The summed E-state index contributed by atoms with van der Waals surface area (Å²) in [6.07, 6.45) is 1.32. The third kappa shape index (κ3) is 3.19. The lowest BCUT2D eigenvalue weighted by atomic mass is 9.59. The number of nitrogens with zero attached hydrogens (tertiary/aromatic N) is 1.